The highest BCUT2D eigenvalue weighted by molar-refractivity contribution is 7.98. The summed E-state index contributed by atoms with van der Waals surface area (Å²) < 4.78 is 0. The average molecular weight is 219 g/mol. The van der Waals surface area contributed by atoms with Gasteiger partial charge in [0.25, 0.3) is 0 Å². The first-order valence-corrected chi connectivity index (χ1v) is 5.91. The lowest BCUT2D eigenvalue weighted by Gasteiger charge is -2.23. The monoisotopic (exact) mass is 219 g/mol. The van der Waals surface area contributed by atoms with E-state index in [1.807, 2.05) is 6.26 Å². The molecular weight excluding hydrogens is 202 g/mol. The van der Waals surface area contributed by atoms with Crippen LogP contribution in [0, 0.1) is 0 Å². The fraction of sp³-hybridized carbons (Fsp3) is 0.778. The molecule has 0 aromatic heterocycles. The van der Waals surface area contributed by atoms with Crippen molar-refractivity contribution in [1.29, 1.82) is 0 Å². The van der Waals surface area contributed by atoms with Gasteiger partial charge in [0.05, 0.1) is 0 Å². The molecule has 5 heteroatoms. The Hall–Kier alpha value is -0.710. The fourth-order valence-corrected chi connectivity index (χ4v) is 1.53. The first-order valence-electron chi connectivity index (χ1n) is 4.52. The van der Waals surface area contributed by atoms with Crippen molar-refractivity contribution in [2.45, 2.75) is 25.8 Å². The Morgan fingerprint density at radius 1 is 1.50 bits per heavy atom. The second-order valence-electron chi connectivity index (χ2n) is 3.01. The topological polar surface area (TPSA) is 57.6 Å². The van der Waals surface area contributed by atoms with Crippen molar-refractivity contribution < 1.29 is 14.7 Å². The molecule has 0 fully saturated rings. The molecule has 0 rings (SSSR count). The normalized spacial score (nSPS) is 12.2. The summed E-state index contributed by atoms with van der Waals surface area (Å²) in [6.07, 6.45) is 2.76. The van der Waals surface area contributed by atoms with Gasteiger partial charge in [0, 0.05) is 19.2 Å². The SMILES string of the molecule is CC[C@@H](C(=O)O)N(C)C(=O)CCSC. The summed E-state index contributed by atoms with van der Waals surface area (Å²) in [6.45, 7) is 1.76. The Kier molecular flexibility index (Phi) is 6.36. The molecule has 1 N–H and O–H groups in total. The number of thioether (sulfide) groups is 1. The van der Waals surface area contributed by atoms with E-state index in [1.165, 1.54) is 4.90 Å². The molecule has 0 unspecified atom stereocenters. The summed E-state index contributed by atoms with van der Waals surface area (Å²) in [7, 11) is 1.55. The van der Waals surface area contributed by atoms with E-state index in [-0.39, 0.29) is 5.91 Å². The zero-order valence-corrected chi connectivity index (χ0v) is 9.63. The van der Waals surface area contributed by atoms with E-state index in [2.05, 4.69) is 0 Å². The maximum atomic E-state index is 11.5. The predicted molar refractivity (Wildman–Crippen MR) is 57.5 cm³/mol. The summed E-state index contributed by atoms with van der Waals surface area (Å²) in [5.41, 5.74) is 0. The molecule has 0 aliphatic carbocycles. The fourth-order valence-electron chi connectivity index (χ4n) is 1.15. The van der Waals surface area contributed by atoms with Crippen LogP contribution in [0.1, 0.15) is 19.8 Å². The molecule has 4 nitrogen and oxygen atoms in total. The Bertz CT molecular complexity index is 208. The number of rotatable bonds is 6. The summed E-state index contributed by atoms with van der Waals surface area (Å²) in [5, 5.41) is 8.82. The van der Waals surface area contributed by atoms with E-state index in [4.69, 9.17) is 5.11 Å². The third kappa shape index (κ3) is 4.00. The maximum absolute atomic E-state index is 11.5. The van der Waals surface area contributed by atoms with Gasteiger partial charge in [0.15, 0.2) is 0 Å². The van der Waals surface area contributed by atoms with E-state index in [0.717, 1.165) is 5.75 Å². The number of aliphatic carboxylic acids is 1. The van der Waals surface area contributed by atoms with Crippen LogP contribution in [0.25, 0.3) is 0 Å². The first kappa shape index (κ1) is 13.3. The van der Waals surface area contributed by atoms with Gasteiger partial charge in [0.1, 0.15) is 6.04 Å². The summed E-state index contributed by atoms with van der Waals surface area (Å²) in [4.78, 5) is 23.5. The highest BCUT2D eigenvalue weighted by Crippen LogP contribution is 2.06. The lowest BCUT2D eigenvalue weighted by atomic mass is 10.2. The van der Waals surface area contributed by atoms with Crippen LogP contribution in [-0.2, 0) is 9.59 Å². The van der Waals surface area contributed by atoms with E-state index >= 15 is 0 Å². The molecule has 0 saturated heterocycles. The third-order valence-corrected chi connectivity index (χ3v) is 2.67. The van der Waals surface area contributed by atoms with E-state index < -0.39 is 12.0 Å². The van der Waals surface area contributed by atoms with Crippen molar-refractivity contribution in [3.63, 3.8) is 0 Å². The Morgan fingerprint density at radius 2 is 2.07 bits per heavy atom. The van der Waals surface area contributed by atoms with Gasteiger partial charge in [-0.05, 0) is 12.7 Å². The molecule has 0 heterocycles. The Balaban J connectivity index is 4.20. The molecule has 1 atom stereocenters. The van der Waals surface area contributed by atoms with Crippen LogP contribution < -0.4 is 0 Å². The van der Waals surface area contributed by atoms with Crippen LogP contribution in [0.2, 0.25) is 0 Å². The quantitative estimate of drug-likeness (QED) is 0.725. The summed E-state index contributed by atoms with van der Waals surface area (Å²) in [5.74, 6) is -0.305. The van der Waals surface area contributed by atoms with Crippen molar-refractivity contribution in [1.82, 2.24) is 4.90 Å². The van der Waals surface area contributed by atoms with Crippen LogP contribution in [0.4, 0.5) is 0 Å². The standard InChI is InChI=1S/C9H17NO3S/c1-4-7(9(12)13)10(2)8(11)5-6-14-3/h7H,4-6H2,1-3H3,(H,12,13)/t7-/m0/s1. The molecule has 82 valence electrons. The lowest BCUT2D eigenvalue weighted by molar-refractivity contribution is -0.149. The van der Waals surface area contributed by atoms with Gasteiger partial charge >= 0.3 is 5.97 Å². The van der Waals surface area contributed by atoms with Gasteiger partial charge < -0.3 is 10.0 Å². The maximum Gasteiger partial charge on any atom is 0.326 e. The van der Waals surface area contributed by atoms with Crippen LogP contribution in [-0.4, -0.2) is 47.0 Å². The number of hydrogen-bond donors (Lipinski definition) is 1. The summed E-state index contributed by atoms with van der Waals surface area (Å²) >= 11 is 1.58. The van der Waals surface area contributed by atoms with Gasteiger partial charge in [-0.25, -0.2) is 4.79 Å². The number of amides is 1. The van der Waals surface area contributed by atoms with Crippen molar-refractivity contribution in [3.05, 3.63) is 0 Å². The number of carboxylic acid groups (broad SMARTS) is 1. The van der Waals surface area contributed by atoms with Crippen molar-refractivity contribution >= 4 is 23.6 Å². The highest BCUT2D eigenvalue weighted by Gasteiger charge is 2.23. The van der Waals surface area contributed by atoms with Crippen LogP contribution >= 0.6 is 11.8 Å². The van der Waals surface area contributed by atoms with Gasteiger partial charge in [0.2, 0.25) is 5.91 Å². The molecule has 0 bridgehead atoms. The number of likely N-dealkylation sites (N-methyl/N-ethyl adjacent to an activating group) is 1. The zero-order chi connectivity index (χ0) is 11.1. The van der Waals surface area contributed by atoms with Crippen molar-refractivity contribution in [2.75, 3.05) is 19.1 Å². The molecular formula is C9H17NO3S. The molecule has 14 heavy (non-hydrogen) atoms. The minimum Gasteiger partial charge on any atom is -0.480 e. The van der Waals surface area contributed by atoms with E-state index in [1.54, 1.807) is 25.7 Å². The molecule has 0 saturated carbocycles. The minimum absolute atomic E-state index is 0.103. The molecule has 0 aromatic carbocycles. The molecule has 0 radical (unpaired) electrons. The van der Waals surface area contributed by atoms with Crippen LogP contribution in [0.15, 0.2) is 0 Å². The number of carbonyl (C=O) groups excluding carboxylic acids is 1. The smallest absolute Gasteiger partial charge is 0.326 e. The second kappa shape index (κ2) is 6.70. The van der Waals surface area contributed by atoms with Crippen molar-refractivity contribution in [3.8, 4) is 0 Å². The number of carbonyl (C=O) groups is 2. The lowest BCUT2D eigenvalue weighted by Crippen LogP contribution is -2.42. The van der Waals surface area contributed by atoms with Crippen molar-refractivity contribution in [2.24, 2.45) is 0 Å². The van der Waals surface area contributed by atoms with Gasteiger partial charge in [-0.1, -0.05) is 6.92 Å². The van der Waals surface area contributed by atoms with Crippen LogP contribution in [0.3, 0.4) is 0 Å². The number of nitrogens with zero attached hydrogens (tertiary/aromatic N) is 1. The summed E-state index contributed by atoms with van der Waals surface area (Å²) in [6, 6.07) is -0.690. The van der Waals surface area contributed by atoms with Gasteiger partial charge in [-0.3, -0.25) is 4.79 Å². The predicted octanol–water partition coefficient (Wildman–Crippen LogP) is 1.06. The zero-order valence-electron chi connectivity index (χ0n) is 8.82. The van der Waals surface area contributed by atoms with E-state index in [9.17, 15) is 9.59 Å². The Morgan fingerprint density at radius 3 is 2.43 bits per heavy atom. The largest absolute Gasteiger partial charge is 0.480 e. The molecule has 0 spiro atoms. The number of hydrogen-bond acceptors (Lipinski definition) is 3. The van der Waals surface area contributed by atoms with Gasteiger partial charge in [-0.15, -0.1) is 0 Å². The minimum atomic E-state index is -0.937. The third-order valence-electron chi connectivity index (χ3n) is 2.05. The highest BCUT2D eigenvalue weighted by atomic mass is 32.2. The average Bonchev–Trinajstić information content (AvgIpc) is 2.14. The Labute approximate surface area is 88.7 Å². The van der Waals surface area contributed by atoms with Gasteiger partial charge in [-0.2, -0.15) is 11.8 Å². The second-order valence-corrected chi connectivity index (χ2v) is 4.00. The van der Waals surface area contributed by atoms with Crippen LogP contribution in [0.5, 0.6) is 0 Å². The first-order chi connectivity index (χ1) is 6.54. The number of carboxylic acids is 1. The molecule has 0 aliphatic heterocycles. The molecule has 0 aliphatic rings. The molecule has 1 amide bonds. The van der Waals surface area contributed by atoms with E-state index in [0.29, 0.717) is 12.8 Å². The molecule has 0 aromatic rings.